The Morgan fingerprint density at radius 1 is 1.05 bits per heavy atom. The number of nitrogens with one attached hydrogen (secondary N) is 1. The fourth-order valence-corrected chi connectivity index (χ4v) is 2.62. The van der Waals surface area contributed by atoms with E-state index in [1.165, 1.54) is 0 Å². The summed E-state index contributed by atoms with van der Waals surface area (Å²) in [6.45, 7) is 2.10. The maximum Gasteiger partial charge on any atom is 0.0659 e. The van der Waals surface area contributed by atoms with Crippen molar-refractivity contribution in [2.75, 3.05) is 24.3 Å². The number of benzene rings is 2. The number of hydrogen-bond acceptors (Lipinski definition) is 2. The molecule has 0 amide bonds. The van der Waals surface area contributed by atoms with Crippen molar-refractivity contribution in [2.45, 2.75) is 13.0 Å². The van der Waals surface area contributed by atoms with Gasteiger partial charge in [-0.3, -0.25) is 0 Å². The molecular formula is C16H18Cl2N2. The van der Waals surface area contributed by atoms with Crippen molar-refractivity contribution in [2.24, 2.45) is 0 Å². The van der Waals surface area contributed by atoms with Crippen molar-refractivity contribution in [3.63, 3.8) is 0 Å². The molecule has 1 unspecified atom stereocenters. The molecule has 0 aliphatic carbocycles. The predicted octanol–water partition coefficient (Wildman–Crippen LogP) is 5.23. The maximum atomic E-state index is 6.28. The van der Waals surface area contributed by atoms with Gasteiger partial charge in [-0.1, -0.05) is 35.3 Å². The molecule has 2 rings (SSSR count). The quantitative estimate of drug-likeness (QED) is 0.831. The van der Waals surface area contributed by atoms with Gasteiger partial charge in [0.05, 0.1) is 10.7 Å². The average Bonchev–Trinajstić information content (AvgIpc) is 2.38. The minimum Gasteiger partial charge on any atom is -0.378 e. The lowest BCUT2D eigenvalue weighted by atomic mass is 10.1. The van der Waals surface area contributed by atoms with Gasteiger partial charge in [-0.2, -0.15) is 0 Å². The first-order valence-electron chi connectivity index (χ1n) is 6.46. The topological polar surface area (TPSA) is 15.3 Å². The second-order valence-corrected chi connectivity index (χ2v) is 5.83. The van der Waals surface area contributed by atoms with Gasteiger partial charge in [-0.05, 0) is 42.8 Å². The highest BCUT2D eigenvalue weighted by Crippen LogP contribution is 2.29. The maximum absolute atomic E-state index is 6.28. The van der Waals surface area contributed by atoms with Crippen LogP contribution in [0, 0.1) is 0 Å². The van der Waals surface area contributed by atoms with Gasteiger partial charge in [0.25, 0.3) is 0 Å². The first-order chi connectivity index (χ1) is 9.47. The zero-order valence-corrected chi connectivity index (χ0v) is 13.3. The second kappa shape index (κ2) is 6.38. The molecule has 106 valence electrons. The monoisotopic (exact) mass is 308 g/mol. The zero-order valence-electron chi connectivity index (χ0n) is 11.8. The summed E-state index contributed by atoms with van der Waals surface area (Å²) in [5, 5.41) is 4.91. The Balaban J connectivity index is 2.16. The molecule has 0 aliphatic heterocycles. The fourth-order valence-electron chi connectivity index (χ4n) is 2.07. The van der Waals surface area contributed by atoms with E-state index in [-0.39, 0.29) is 6.04 Å². The lowest BCUT2D eigenvalue weighted by Gasteiger charge is -2.19. The Morgan fingerprint density at radius 2 is 1.80 bits per heavy atom. The van der Waals surface area contributed by atoms with Crippen LogP contribution in [0.4, 0.5) is 11.4 Å². The van der Waals surface area contributed by atoms with E-state index in [1.54, 1.807) is 0 Å². The first-order valence-corrected chi connectivity index (χ1v) is 7.22. The SMILES string of the molecule is CC(Nc1ccc(N(C)C)c(Cl)c1)c1cccc(Cl)c1. The largest absolute Gasteiger partial charge is 0.378 e. The predicted molar refractivity (Wildman–Crippen MR) is 89.3 cm³/mol. The number of nitrogens with zero attached hydrogens (tertiary/aromatic N) is 1. The second-order valence-electron chi connectivity index (χ2n) is 4.98. The van der Waals surface area contributed by atoms with Crippen molar-refractivity contribution in [3.8, 4) is 0 Å². The van der Waals surface area contributed by atoms with E-state index < -0.39 is 0 Å². The zero-order chi connectivity index (χ0) is 14.7. The van der Waals surface area contributed by atoms with E-state index >= 15 is 0 Å². The highest BCUT2D eigenvalue weighted by molar-refractivity contribution is 6.33. The molecule has 0 saturated heterocycles. The molecule has 0 saturated carbocycles. The molecule has 0 aromatic heterocycles. The summed E-state index contributed by atoms with van der Waals surface area (Å²) in [7, 11) is 3.95. The van der Waals surface area contributed by atoms with Crippen molar-refractivity contribution >= 4 is 34.6 Å². The van der Waals surface area contributed by atoms with Crippen molar-refractivity contribution in [3.05, 3.63) is 58.1 Å². The van der Waals surface area contributed by atoms with Crippen molar-refractivity contribution in [1.82, 2.24) is 0 Å². The lowest BCUT2D eigenvalue weighted by Crippen LogP contribution is -2.10. The fraction of sp³-hybridized carbons (Fsp3) is 0.250. The average molecular weight is 309 g/mol. The van der Waals surface area contributed by atoms with E-state index in [0.29, 0.717) is 0 Å². The number of anilines is 2. The molecule has 0 fully saturated rings. The van der Waals surface area contributed by atoms with E-state index in [9.17, 15) is 0 Å². The first kappa shape index (κ1) is 15.0. The van der Waals surface area contributed by atoms with E-state index in [2.05, 4.69) is 18.3 Å². The minimum atomic E-state index is 0.162. The summed E-state index contributed by atoms with van der Waals surface area (Å²) in [4.78, 5) is 1.99. The van der Waals surface area contributed by atoms with Gasteiger partial charge in [-0.25, -0.2) is 0 Å². The van der Waals surface area contributed by atoms with Crippen LogP contribution < -0.4 is 10.2 Å². The van der Waals surface area contributed by atoms with Gasteiger partial charge in [0.1, 0.15) is 0 Å². The molecule has 2 nitrogen and oxygen atoms in total. The minimum absolute atomic E-state index is 0.162. The van der Waals surface area contributed by atoms with Gasteiger partial charge in [-0.15, -0.1) is 0 Å². The van der Waals surface area contributed by atoms with Crippen LogP contribution in [0.5, 0.6) is 0 Å². The van der Waals surface area contributed by atoms with Crippen molar-refractivity contribution in [1.29, 1.82) is 0 Å². The number of rotatable bonds is 4. The molecule has 0 heterocycles. The molecule has 0 bridgehead atoms. The van der Waals surface area contributed by atoms with Crippen molar-refractivity contribution < 1.29 is 0 Å². The normalized spacial score (nSPS) is 12.1. The van der Waals surface area contributed by atoms with Gasteiger partial charge < -0.3 is 10.2 Å². The van der Waals surface area contributed by atoms with Crippen LogP contribution in [0.15, 0.2) is 42.5 Å². The third-order valence-corrected chi connectivity index (χ3v) is 3.70. The lowest BCUT2D eigenvalue weighted by molar-refractivity contribution is 0.885. The van der Waals surface area contributed by atoms with Crippen LogP contribution in [0.2, 0.25) is 10.0 Å². The van der Waals surface area contributed by atoms with Gasteiger partial charge >= 0.3 is 0 Å². The molecule has 1 N–H and O–H groups in total. The molecule has 0 aliphatic rings. The highest BCUT2D eigenvalue weighted by Gasteiger charge is 2.08. The Hall–Kier alpha value is -1.38. The van der Waals surface area contributed by atoms with E-state index in [1.807, 2.05) is 55.4 Å². The summed E-state index contributed by atoms with van der Waals surface area (Å²) in [5.41, 5.74) is 3.14. The van der Waals surface area contributed by atoms with E-state index in [4.69, 9.17) is 23.2 Å². The molecule has 0 radical (unpaired) electrons. The smallest absolute Gasteiger partial charge is 0.0659 e. The van der Waals surface area contributed by atoms with Gasteiger partial charge in [0.15, 0.2) is 0 Å². The summed E-state index contributed by atoms with van der Waals surface area (Å²) in [6, 6.07) is 14.0. The molecule has 4 heteroatoms. The number of halogens is 2. The highest BCUT2D eigenvalue weighted by atomic mass is 35.5. The molecular weight excluding hydrogens is 291 g/mol. The molecule has 20 heavy (non-hydrogen) atoms. The van der Waals surface area contributed by atoms with Crippen LogP contribution in [-0.4, -0.2) is 14.1 Å². The van der Waals surface area contributed by atoms with Crippen LogP contribution in [0.3, 0.4) is 0 Å². The summed E-state index contributed by atoms with van der Waals surface area (Å²) in [5.74, 6) is 0. The van der Waals surface area contributed by atoms with Crippen LogP contribution >= 0.6 is 23.2 Å². The summed E-state index contributed by atoms with van der Waals surface area (Å²) in [6.07, 6.45) is 0. The Kier molecular flexibility index (Phi) is 4.79. The van der Waals surface area contributed by atoms with Gasteiger partial charge in [0.2, 0.25) is 0 Å². The van der Waals surface area contributed by atoms with Crippen LogP contribution in [-0.2, 0) is 0 Å². The number of hydrogen-bond donors (Lipinski definition) is 1. The third kappa shape index (κ3) is 3.59. The molecule has 2 aromatic rings. The molecule has 0 spiro atoms. The van der Waals surface area contributed by atoms with Crippen LogP contribution in [0.25, 0.3) is 0 Å². The Morgan fingerprint density at radius 3 is 2.40 bits per heavy atom. The standard InChI is InChI=1S/C16H18Cl2N2/c1-11(12-5-4-6-13(17)9-12)19-14-7-8-16(20(2)3)15(18)10-14/h4-11,19H,1-3H3. The summed E-state index contributed by atoms with van der Waals surface area (Å²) >= 11 is 12.3. The van der Waals surface area contributed by atoms with Crippen LogP contribution in [0.1, 0.15) is 18.5 Å². The third-order valence-electron chi connectivity index (χ3n) is 3.16. The molecule has 1 atom stereocenters. The molecule has 2 aromatic carbocycles. The Bertz CT molecular complexity index is 597. The van der Waals surface area contributed by atoms with E-state index in [0.717, 1.165) is 27.0 Å². The Labute approximate surface area is 130 Å². The van der Waals surface area contributed by atoms with Gasteiger partial charge in [0, 0.05) is 30.8 Å². The summed E-state index contributed by atoms with van der Waals surface area (Å²) < 4.78 is 0.